The average Bonchev–Trinajstić information content (AvgIpc) is 2.06. The van der Waals surface area contributed by atoms with Crippen molar-refractivity contribution in [3.8, 4) is 0 Å². The standard InChI is InChI=1S/C9H13NO/c1-3-5-9-8(4-2)6-10-7-11-9/h3-5,10H,2,6-7H2,1H3/b5-3-. The van der Waals surface area contributed by atoms with E-state index in [2.05, 4.69) is 11.9 Å². The molecule has 1 aliphatic rings. The van der Waals surface area contributed by atoms with Crippen LogP contribution in [0, 0.1) is 0 Å². The van der Waals surface area contributed by atoms with E-state index in [-0.39, 0.29) is 0 Å². The molecular formula is C9H13NO. The molecule has 0 aromatic heterocycles. The topological polar surface area (TPSA) is 21.3 Å². The average molecular weight is 151 g/mol. The second kappa shape index (κ2) is 3.98. The summed E-state index contributed by atoms with van der Waals surface area (Å²) in [7, 11) is 0. The van der Waals surface area contributed by atoms with Crippen LogP contribution >= 0.6 is 0 Å². The van der Waals surface area contributed by atoms with Gasteiger partial charge >= 0.3 is 0 Å². The molecule has 0 spiro atoms. The lowest BCUT2D eigenvalue weighted by Crippen LogP contribution is -2.25. The second-order valence-corrected chi connectivity index (χ2v) is 2.31. The molecule has 1 heterocycles. The maximum absolute atomic E-state index is 5.33. The van der Waals surface area contributed by atoms with E-state index in [1.165, 1.54) is 0 Å². The van der Waals surface area contributed by atoms with E-state index < -0.39 is 0 Å². The van der Waals surface area contributed by atoms with Gasteiger partial charge < -0.3 is 4.74 Å². The molecule has 2 nitrogen and oxygen atoms in total. The SMILES string of the molecule is C=CC1=C(/C=C\C)OCNC1. The molecule has 0 unspecified atom stereocenters. The highest BCUT2D eigenvalue weighted by atomic mass is 16.5. The van der Waals surface area contributed by atoms with E-state index >= 15 is 0 Å². The normalized spacial score (nSPS) is 18.6. The highest BCUT2D eigenvalue weighted by molar-refractivity contribution is 5.30. The van der Waals surface area contributed by atoms with Crippen LogP contribution in [0.25, 0.3) is 0 Å². The number of allylic oxidation sites excluding steroid dienone is 2. The van der Waals surface area contributed by atoms with Crippen molar-refractivity contribution < 1.29 is 4.74 Å². The van der Waals surface area contributed by atoms with Gasteiger partial charge in [-0.15, -0.1) is 0 Å². The van der Waals surface area contributed by atoms with Gasteiger partial charge in [0.05, 0.1) is 0 Å². The number of rotatable bonds is 2. The van der Waals surface area contributed by atoms with Crippen LogP contribution in [0.4, 0.5) is 0 Å². The Morgan fingerprint density at radius 1 is 1.64 bits per heavy atom. The van der Waals surface area contributed by atoms with Gasteiger partial charge in [-0.05, 0) is 13.0 Å². The molecule has 60 valence electrons. The van der Waals surface area contributed by atoms with E-state index in [0.29, 0.717) is 6.73 Å². The van der Waals surface area contributed by atoms with Gasteiger partial charge in [0.25, 0.3) is 0 Å². The lowest BCUT2D eigenvalue weighted by Gasteiger charge is -2.17. The zero-order chi connectivity index (χ0) is 8.10. The highest BCUT2D eigenvalue weighted by Crippen LogP contribution is 2.11. The third-order valence-corrected chi connectivity index (χ3v) is 1.53. The smallest absolute Gasteiger partial charge is 0.139 e. The Bertz CT molecular complexity index is 204. The summed E-state index contributed by atoms with van der Waals surface area (Å²) in [6, 6.07) is 0. The summed E-state index contributed by atoms with van der Waals surface area (Å²) >= 11 is 0. The molecule has 0 amide bonds. The molecule has 1 rings (SSSR count). The van der Waals surface area contributed by atoms with Crippen molar-refractivity contribution in [3.05, 3.63) is 36.1 Å². The quantitative estimate of drug-likeness (QED) is 0.647. The summed E-state index contributed by atoms with van der Waals surface area (Å²) in [5.74, 6) is 0.932. The number of ether oxygens (including phenoxy) is 1. The Labute approximate surface area is 67.2 Å². The molecule has 11 heavy (non-hydrogen) atoms. The Kier molecular flexibility index (Phi) is 2.93. The third-order valence-electron chi connectivity index (χ3n) is 1.53. The molecule has 0 atom stereocenters. The first-order valence-corrected chi connectivity index (χ1v) is 3.70. The molecule has 0 saturated heterocycles. The second-order valence-electron chi connectivity index (χ2n) is 2.31. The van der Waals surface area contributed by atoms with Gasteiger partial charge in [0.1, 0.15) is 12.5 Å². The van der Waals surface area contributed by atoms with Gasteiger partial charge in [-0.25, -0.2) is 0 Å². The zero-order valence-corrected chi connectivity index (χ0v) is 6.76. The van der Waals surface area contributed by atoms with Gasteiger partial charge in [-0.1, -0.05) is 18.7 Å². The molecule has 2 heteroatoms. The summed E-state index contributed by atoms with van der Waals surface area (Å²) < 4.78 is 5.33. The molecule has 1 aliphatic heterocycles. The Morgan fingerprint density at radius 2 is 2.45 bits per heavy atom. The molecule has 0 aliphatic carbocycles. The summed E-state index contributed by atoms with van der Waals surface area (Å²) in [5, 5.41) is 3.09. The van der Waals surface area contributed by atoms with Crippen molar-refractivity contribution in [1.82, 2.24) is 5.32 Å². The Hall–Kier alpha value is -1.02. The van der Waals surface area contributed by atoms with Crippen molar-refractivity contribution in [2.75, 3.05) is 13.3 Å². The first-order valence-electron chi connectivity index (χ1n) is 3.70. The Balaban J connectivity index is 2.81. The number of hydrogen-bond acceptors (Lipinski definition) is 2. The van der Waals surface area contributed by atoms with Gasteiger partial charge in [-0.3, -0.25) is 5.32 Å². The van der Waals surface area contributed by atoms with Crippen LogP contribution in [0.3, 0.4) is 0 Å². The van der Waals surface area contributed by atoms with Crippen molar-refractivity contribution in [3.63, 3.8) is 0 Å². The minimum atomic E-state index is 0.594. The lowest BCUT2D eigenvalue weighted by molar-refractivity contribution is 0.184. The van der Waals surface area contributed by atoms with Crippen molar-refractivity contribution in [1.29, 1.82) is 0 Å². The molecule has 0 fully saturated rings. The van der Waals surface area contributed by atoms with E-state index in [0.717, 1.165) is 17.9 Å². The maximum Gasteiger partial charge on any atom is 0.139 e. The fourth-order valence-corrected chi connectivity index (χ4v) is 0.974. The predicted octanol–water partition coefficient (Wildman–Crippen LogP) is 1.58. The first kappa shape index (κ1) is 8.08. The predicted molar refractivity (Wildman–Crippen MR) is 46.0 cm³/mol. The summed E-state index contributed by atoms with van der Waals surface area (Å²) in [4.78, 5) is 0. The summed E-state index contributed by atoms with van der Waals surface area (Å²) in [6.07, 6.45) is 5.74. The molecule has 0 bridgehead atoms. The van der Waals surface area contributed by atoms with Gasteiger partial charge in [0.15, 0.2) is 0 Å². The van der Waals surface area contributed by atoms with Crippen LogP contribution in [-0.4, -0.2) is 13.3 Å². The molecule has 1 N–H and O–H groups in total. The maximum atomic E-state index is 5.33. The fraction of sp³-hybridized carbons (Fsp3) is 0.333. The van der Waals surface area contributed by atoms with Crippen molar-refractivity contribution in [2.24, 2.45) is 0 Å². The van der Waals surface area contributed by atoms with Crippen LogP contribution in [0.2, 0.25) is 0 Å². The minimum Gasteiger partial charge on any atom is -0.478 e. The molecule has 0 radical (unpaired) electrons. The van der Waals surface area contributed by atoms with Crippen LogP contribution in [-0.2, 0) is 4.74 Å². The van der Waals surface area contributed by atoms with Gasteiger partial charge in [0.2, 0.25) is 0 Å². The minimum absolute atomic E-state index is 0.594. The van der Waals surface area contributed by atoms with E-state index in [9.17, 15) is 0 Å². The molecule has 0 aromatic carbocycles. The van der Waals surface area contributed by atoms with E-state index in [1.54, 1.807) is 0 Å². The van der Waals surface area contributed by atoms with Gasteiger partial charge in [0, 0.05) is 12.1 Å². The number of hydrogen-bond donors (Lipinski definition) is 1. The van der Waals surface area contributed by atoms with E-state index in [1.807, 2.05) is 25.2 Å². The van der Waals surface area contributed by atoms with Crippen LogP contribution < -0.4 is 5.32 Å². The monoisotopic (exact) mass is 151 g/mol. The highest BCUT2D eigenvalue weighted by Gasteiger charge is 2.06. The van der Waals surface area contributed by atoms with Crippen molar-refractivity contribution in [2.45, 2.75) is 6.92 Å². The molecule has 0 saturated carbocycles. The Morgan fingerprint density at radius 3 is 3.09 bits per heavy atom. The van der Waals surface area contributed by atoms with E-state index in [4.69, 9.17) is 4.74 Å². The molecular weight excluding hydrogens is 138 g/mol. The van der Waals surface area contributed by atoms with Crippen LogP contribution in [0.15, 0.2) is 36.1 Å². The first-order chi connectivity index (χ1) is 5.38. The summed E-state index contributed by atoms with van der Waals surface area (Å²) in [6.45, 7) is 7.12. The molecule has 0 aromatic rings. The van der Waals surface area contributed by atoms with Crippen LogP contribution in [0.5, 0.6) is 0 Å². The van der Waals surface area contributed by atoms with Gasteiger partial charge in [-0.2, -0.15) is 0 Å². The van der Waals surface area contributed by atoms with Crippen LogP contribution in [0.1, 0.15) is 6.92 Å². The zero-order valence-electron chi connectivity index (χ0n) is 6.76. The largest absolute Gasteiger partial charge is 0.478 e. The lowest BCUT2D eigenvalue weighted by atomic mass is 10.2. The fourth-order valence-electron chi connectivity index (χ4n) is 0.974. The number of nitrogens with one attached hydrogen (secondary N) is 1. The summed E-state index contributed by atoms with van der Waals surface area (Å²) in [5.41, 5.74) is 1.12. The van der Waals surface area contributed by atoms with Crippen molar-refractivity contribution >= 4 is 0 Å². The third kappa shape index (κ3) is 1.95.